The Kier molecular flexibility index (Phi) is 5.58. The zero-order chi connectivity index (χ0) is 19.1. The molecule has 8 heteroatoms. The summed E-state index contributed by atoms with van der Waals surface area (Å²) in [6.07, 6.45) is 5.98. The van der Waals surface area contributed by atoms with Crippen LogP contribution in [0.2, 0.25) is 0 Å². The van der Waals surface area contributed by atoms with Gasteiger partial charge in [-0.3, -0.25) is 4.79 Å². The van der Waals surface area contributed by atoms with Crippen molar-refractivity contribution in [3.8, 4) is 0 Å². The number of benzene rings is 2. The molecule has 2 N–H and O–H groups in total. The summed E-state index contributed by atoms with van der Waals surface area (Å²) in [5.41, 5.74) is 1.39. The Hall–Kier alpha value is -3.52. The van der Waals surface area contributed by atoms with Crippen LogP contribution >= 0.6 is 0 Å². The molecule has 0 aliphatic heterocycles. The van der Waals surface area contributed by atoms with Crippen molar-refractivity contribution in [1.29, 1.82) is 0 Å². The highest BCUT2D eigenvalue weighted by Gasteiger charge is 2.15. The van der Waals surface area contributed by atoms with Crippen LogP contribution in [0.25, 0.3) is 6.08 Å². The standard InChI is InChI=1S/C19H16N4O3S/c24-18(12-7-15-5-2-1-3-6-15)22-16-8-10-17(11-9-16)27(25,26)23-19-20-13-4-14-21-19/h1-14H,(H,22,24)(H,20,21,23)/b12-7+. The van der Waals surface area contributed by atoms with E-state index in [9.17, 15) is 13.2 Å². The van der Waals surface area contributed by atoms with Crippen molar-refractivity contribution in [2.24, 2.45) is 0 Å². The first-order valence-corrected chi connectivity index (χ1v) is 9.45. The quantitative estimate of drug-likeness (QED) is 0.640. The number of carbonyl (C=O) groups is 1. The van der Waals surface area contributed by atoms with Gasteiger partial charge in [0.2, 0.25) is 11.9 Å². The SMILES string of the molecule is O=C(/C=C/c1ccccc1)Nc1ccc(S(=O)(=O)Nc2ncccn2)cc1. The van der Waals surface area contributed by atoms with Crippen LogP contribution in [-0.4, -0.2) is 24.3 Å². The Morgan fingerprint density at radius 1 is 0.889 bits per heavy atom. The Morgan fingerprint density at radius 3 is 2.22 bits per heavy atom. The fourth-order valence-electron chi connectivity index (χ4n) is 2.17. The van der Waals surface area contributed by atoms with Gasteiger partial charge >= 0.3 is 0 Å². The Morgan fingerprint density at radius 2 is 1.56 bits per heavy atom. The molecule has 0 unspecified atom stereocenters. The molecule has 0 bridgehead atoms. The molecule has 1 heterocycles. The van der Waals surface area contributed by atoms with Gasteiger partial charge in [0.25, 0.3) is 10.0 Å². The van der Waals surface area contributed by atoms with Gasteiger partial charge in [0.1, 0.15) is 0 Å². The van der Waals surface area contributed by atoms with E-state index in [0.717, 1.165) is 5.56 Å². The summed E-state index contributed by atoms with van der Waals surface area (Å²) in [5.74, 6) is -0.328. The maximum atomic E-state index is 12.3. The maximum Gasteiger partial charge on any atom is 0.264 e. The molecule has 3 rings (SSSR count). The van der Waals surface area contributed by atoms with E-state index in [2.05, 4.69) is 20.0 Å². The minimum absolute atomic E-state index is 0.0130. The highest BCUT2D eigenvalue weighted by Crippen LogP contribution is 2.16. The molecule has 0 atom stereocenters. The molecular weight excluding hydrogens is 364 g/mol. The molecule has 136 valence electrons. The molecule has 0 saturated carbocycles. The molecule has 0 saturated heterocycles. The summed E-state index contributed by atoms with van der Waals surface area (Å²) in [6, 6.07) is 16.8. The summed E-state index contributed by atoms with van der Waals surface area (Å²) in [7, 11) is -3.81. The summed E-state index contributed by atoms with van der Waals surface area (Å²) in [4.78, 5) is 19.7. The number of hydrogen-bond donors (Lipinski definition) is 2. The first kappa shape index (κ1) is 18.3. The molecule has 0 aliphatic carbocycles. The molecule has 3 aromatic rings. The third-order valence-electron chi connectivity index (χ3n) is 3.45. The zero-order valence-electron chi connectivity index (χ0n) is 14.1. The van der Waals surface area contributed by atoms with Crippen molar-refractivity contribution in [2.75, 3.05) is 10.0 Å². The summed E-state index contributed by atoms with van der Waals surface area (Å²) in [5, 5.41) is 2.67. The van der Waals surface area contributed by atoms with E-state index in [1.807, 2.05) is 30.3 Å². The highest BCUT2D eigenvalue weighted by atomic mass is 32.2. The second-order valence-electron chi connectivity index (χ2n) is 5.44. The van der Waals surface area contributed by atoms with Crippen molar-refractivity contribution < 1.29 is 13.2 Å². The second kappa shape index (κ2) is 8.24. The van der Waals surface area contributed by atoms with Crippen LogP contribution < -0.4 is 10.0 Å². The third-order valence-corrected chi connectivity index (χ3v) is 4.79. The smallest absolute Gasteiger partial charge is 0.264 e. The molecular formula is C19H16N4O3S. The number of nitrogens with zero attached hydrogens (tertiary/aromatic N) is 2. The average Bonchev–Trinajstić information content (AvgIpc) is 2.68. The van der Waals surface area contributed by atoms with Crippen LogP contribution in [0.5, 0.6) is 0 Å². The average molecular weight is 380 g/mol. The predicted molar refractivity (Wildman–Crippen MR) is 103 cm³/mol. The van der Waals surface area contributed by atoms with Crippen LogP contribution in [0.4, 0.5) is 11.6 Å². The van der Waals surface area contributed by atoms with Crippen LogP contribution in [-0.2, 0) is 14.8 Å². The van der Waals surface area contributed by atoms with Gasteiger partial charge in [0, 0.05) is 24.2 Å². The summed E-state index contributed by atoms with van der Waals surface area (Å²) in [6.45, 7) is 0. The van der Waals surface area contributed by atoms with E-state index >= 15 is 0 Å². The molecule has 7 nitrogen and oxygen atoms in total. The Bertz CT molecular complexity index is 1040. The van der Waals surface area contributed by atoms with Gasteiger partial charge in [0.05, 0.1) is 4.90 Å². The highest BCUT2D eigenvalue weighted by molar-refractivity contribution is 7.92. The normalized spacial score (nSPS) is 11.3. The van der Waals surface area contributed by atoms with Gasteiger partial charge in [-0.05, 0) is 42.0 Å². The van der Waals surface area contributed by atoms with Crippen LogP contribution in [0.1, 0.15) is 5.56 Å². The van der Waals surface area contributed by atoms with Crippen LogP contribution in [0, 0.1) is 0 Å². The number of amides is 1. The predicted octanol–water partition coefficient (Wildman–Crippen LogP) is 2.93. The first-order chi connectivity index (χ1) is 13.0. The van der Waals surface area contributed by atoms with Crippen LogP contribution in [0.3, 0.4) is 0 Å². The summed E-state index contributed by atoms with van der Waals surface area (Å²) < 4.78 is 26.9. The lowest BCUT2D eigenvalue weighted by Gasteiger charge is -2.07. The minimum Gasteiger partial charge on any atom is -0.323 e. The maximum absolute atomic E-state index is 12.3. The molecule has 0 aliphatic rings. The van der Waals surface area contributed by atoms with Gasteiger partial charge in [-0.1, -0.05) is 30.3 Å². The number of carbonyl (C=O) groups excluding carboxylic acids is 1. The van der Waals surface area contributed by atoms with Crippen molar-refractivity contribution in [3.05, 3.63) is 84.7 Å². The van der Waals surface area contributed by atoms with E-state index < -0.39 is 10.0 Å². The van der Waals surface area contributed by atoms with Gasteiger partial charge in [0.15, 0.2) is 0 Å². The fourth-order valence-corrected chi connectivity index (χ4v) is 3.13. The number of nitrogens with one attached hydrogen (secondary N) is 2. The lowest BCUT2D eigenvalue weighted by atomic mass is 10.2. The third kappa shape index (κ3) is 5.23. The van der Waals surface area contributed by atoms with Gasteiger partial charge in [-0.15, -0.1) is 0 Å². The number of anilines is 2. The van der Waals surface area contributed by atoms with E-state index in [1.54, 1.807) is 12.1 Å². The first-order valence-electron chi connectivity index (χ1n) is 7.97. The van der Waals surface area contributed by atoms with Gasteiger partial charge in [-0.2, -0.15) is 0 Å². The van der Waals surface area contributed by atoms with Crippen molar-refractivity contribution in [3.63, 3.8) is 0 Å². The van der Waals surface area contributed by atoms with E-state index in [0.29, 0.717) is 5.69 Å². The summed E-state index contributed by atoms with van der Waals surface area (Å²) >= 11 is 0. The number of aromatic nitrogens is 2. The minimum atomic E-state index is -3.81. The lowest BCUT2D eigenvalue weighted by Crippen LogP contribution is -2.15. The molecule has 27 heavy (non-hydrogen) atoms. The van der Waals surface area contributed by atoms with Crippen molar-refractivity contribution in [2.45, 2.75) is 4.90 Å². The van der Waals surface area contributed by atoms with Crippen LogP contribution in [0.15, 0.2) is 84.0 Å². The molecule has 0 radical (unpaired) electrons. The van der Waals surface area contributed by atoms with Gasteiger partial charge < -0.3 is 5.32 Å². The Labute approximate surface area is 156 Å². The van der Waals surface area contributed by atoms with E-state index in [-0.39, 0.29) is 16.8 Å². The van der Waals surface area contributed by atoms with Crippen molar-refractivity contribution >= 4 is 33.6 Å². The molecule has 1 amide bonds. The van der Waals surface area contributed by atoms with Gasteiger partial charge in [-0.25, -0.2) is 23.1 Å². The van der Waals surface area contributed by atoms with Crippen molar-refractivity contribution in [1.82, 2.24) is 9.97 Å². The molecule has 1 aromatic heterocycles. The van der Waals surface area contributed by atoms with E-state index in [1.165, 1.54) is 42.7 Å². The fraction of sp³-hybridized carbons (Fsp3) is 0. The largest absolute Gasteiger partial charge is 0.323 e. The zero-order valence-corrected chi connectivity index (χ0v) is 14.9. The second-order valence-corrected chi connectivity index (χ2v) is 7.12. The number of hydrogen-bond acceptors (Lipinski definition) is 5. The molecule has 0 fully saturated rings. The lowest BCUT2D eigenvalue weighted by molar-refractivity contribution is -0.111. The number of rotatable bonds is 6. The topological polar surface area (TPSA) is 101 Å². The van der Waals surface area contributed by atoms with E-state index in [4.69, 9.17) is 0 Å². The number of sulfonamides is 1. The molecule has 0 spiro atoms. The molecule has 2 aromatic carbocycles. The monoisotopic (exact) mass is 380 g/mol. The Balaban J connectivity index is 1.64.